The molecule has 24 heavy (non-hydrogen) atoms. The molecule has 4 nitrogen and oxygen atoms in total. The van der Waals surface area contributed by atoms with E-state index in [2.05, 4.69) is 18.8 Å². The fourth-order valence-corrected chi connectivity index (χ4v) is 6.20. The van der Waals surface area contributed by atoms with E-state index in [1.807, 2.05) is 12.1 Å². The highest BCUT2D eigenvalue weighted by atomic mass is 32.2. The van der Waals surface area contributed by atoms with E-state index in [9.17, 15) is 8.42 Å². The van der Waals surface area contributed by atoms with E-state index in [1.54, 1.807) is 10.4 Å². The van der Waals surface area contributed by atoms with Crippen LogP contribution in [-0.4, -0.2) is 30.8 Å². The van der Waals surface area contributed by atoms with Gasteiger partial charge in [0, 0.05) is 29.7 Å². The van der Waals surface area contributed by atoms with Gasteiger partial charge < -0.3 is 4.98 Å². The van der Waals surface area contributed by atoms with Gasteiger partial charge in [-0.1, -0.05) is 13.8 Å². The summed E-state index contributed by atoms with van der Waals surface area (Å²) in [7, 11) is -3.40. The molecule has 1 saturated heterocycles. The van der Waals surface area contributed by atoms with Gasteiger partial charge >= 0.3 is 0 Å². The predicted molar refractivity (Wildman–Crippen MR) is 96.6 cm³/mol. The molecule has 0 saturated carbocycles. The van der Waals surface area contributed by atoms with Gasteiger partial charge in [0.05, 0.1) is 4.90 Å². The summed E-state index contributed by atoms with van der Waals surface area (Å²) >= 11 is 0. The number of aryl methyl sites for hydroxylation is 2. The van der Waals surface area contributed by atoms with Crippen LogP contribution in [0.5, 0.6) is 0 Å². The molecule has 1 aromatic heterocycles. The number of H-pyrrole nitrogens is 1. The lowest BCUT2D eigenvalue weighted by molar-refractivity contribution is 0.222. The van der Waals surface area contributed by atoms with Gasteiger partial charge in [-0.05, 0) is 67.7 Å². The number of sulfonamides is 1. The second-order valence-electron chi connectivity index (χ2n) is 7.76. The van der Waals surface area contributed by atoms with Crippen molar-refractivity contribution in [3.8, 4) is 0 Å². The molecule has 2 atom stereocenters. The van der Waals surface area contributed by atoms with Crippen molar-refractivity contribution in [2.24, 2.45) is 11.8 Å². The molecule has 0 amide bonds. The highest BCUT2D eigenvalue weighted by Gasteiger charge is 2.32. The molecule has 130 valence electrons. The van der Waals surface area contributed by atoms with Crippen LogP contribution in [0.4, 0.5) is 0 Å². The average Bonchev–Trinajstić information content (AvgIpc) is 2.91. The summed E-state index contributed by atoms with van der Waals surface area (Å²) in [6.07, 6.45) is 5.65. The molecule has 1 aromatic carbocycles. The van der Waals surface area contributed by atoms with Crippen molar-refractivity contribution >= 4 is 20.9 Å². The molecule has 2 unspecified atom stereocenters. The standard InChI is InChI=1S/C19H26N2O2S/c1-13-9-14(2)12-21(11-13)24(22,23)15-7-8-19-17(10-15)16-5-3-4-6-18(16)20-19/h7-8,10,13-14,20H,3-6,9,11-12H2,1-2H3. The minimum absolute atomic E-state index is 0.423. The molecule has 0 spiro atoms. The van der Waals surface area contributed by atoms with Crippen molar-refractivity contribution in [2.75, 3.05) is 13.1 Å². The molecule has 2 heterocycles. The van der Waals surface area contributed by atoms with E-state index in [-0.39, 0.29) is 0 Å². The quantitative estimate of drug-likeness (QED) is 0.901. The van der Waals surface area contributed by atoms with Crippen molar-refractivity contribution in [2.45, 2.75) is 50.8 Å². The van der Waals surface area contributed by atoms with Gasteiger partial charge in [-0.15, -0.1) is 0 Å². The third-order valence-corrected chi connectivity index (χ3v) is 7.37. The highest BCUT2D eigenvalue weighted by Crippen LogP contribution is 2.32. The van der Waals surface area contributed by atoms with Crippen LogP contribution in [0.3, 0.4) is 0 Å². The number of benzene rings is 1. The number of fused-ring (bicyclic) bond motifs is 3. The Morgan fingerprint density at radius 2 is 1.79 bits per heavy atom. The zero-order valence-corrected chi connectivity index (χ0v) is 15.3. The van der Waals surface area contributed by atoms with Gasteiger partial charge in [-0.25, -0.2) is 8.42 Å². The second-order valence-corrected chi connectivity index (χ2v) is 9.70. The van der Waals surface area contributed by atoms with Gasteiger partial charge in [-0.2, -0.15) is 4.31 Å². The first-order chi connectivity index (χ1) is 11.4. The van der Waals surface area contributed by atoms with Crippen LogP contribution in [0.2, 0.25) is 0 Å². The first-order valence-corrected chi connectivity index (χ1v) is 10.5. The number of hydrogen-bond acceptors (Lipinski definition) is 2. The van der Waals surface area contributed by atoms with Gasteiger partial charge in [0.2, 0.25) is 10.0 Å². The number of aromatic nitrogens is 1. The number of nitrogens with zero attached hydrogens (tertiary/aromatic N) is 1. The molecule has 4 rings (SSSR count). The summed E-state index contributed by atoms with van der Waals surface area (Å²) in [5, 5.41) is 1.10. The maximum atomic E-state index is 13.1. The van der Waals surface area contributed by atoms with Crippen LogP contribution < -0.4 is 0 Å². The Morgan fingerprint density at radius 1 is 1.08 bits per heavy atom. The zero-order valence-electron chi connectivity index (χ0n) is 14.5. The van der Waals surface area contributed by atoms with Crippen LogP contribution >= 0.6 is 0 Å². The Kier molecular flexibility index (Phi) is 3.96. The van der Waals surface area contributed by atoms with Crippen molar-refractivity contribution < 1.29 is 8.42 Å². The van der Waals surface area contributed by atoms with Crippen LogP contribution in [0.1, 0.15) is 44.4 Å². The summed E-state index contributed by atoms with van der Waals surface area (Å²) in [6.45, 7) is 5.56. The van der Waals surface area contributed by atoms with E-state index in [0.29, 0.717) is 29.8 Å². The molecule has 5 heteroatoms. The van der Waals surface area contributed by atoms with Crippen LogP contribution in [-0.2, 0) is 22.9 Å². The van der Waals surface area contributed by atoms with E-state index in [1.165, 1.54) is 24.1 Å². The van der Waals surface area contributed by atoms with Crippen LogP contribution in [0.25, 0.3) is 10.9 Å². The first-order valence-electron chi connectivity index (χ1n) is 9.09. The van der Waals surface area contributed by atoms with Crippen molar-refractivity contribution in [1.29, 1.82) is 0 Å². The Balaban J connectivity index is 1.75. The number of hydrogen-bond donors (Lipinski definition) is 1. The monoisotopic (exact) mass is 346 g/mol. The maximum absolute atomic E-state index is 13.1. The largest absolute Gasteiger partial charge is 0.358 e. The average molecular weight is 346 g/mol. The summed E-state index contributed by atoms with van der Waals surface area (Å²) in [4.78, 5) is 3.93. The Morgan fingerprint density at radius 3 is 2.54 bits per heavy atom. The summed E-state index contributed by atoms with van der Waals surface area (Å²) in [6, 6.07) is 5.61. The van der Waals surface area contributed by atoms with Gasteiger partial charge in [0.25, 0.3) is 0 Å². The topological polar surface area (TPSA) is 53.2 Å². The molecule has 1 N–H and O–H groups in total. The fraction of sp³-hybridized carbons (Fsp3) is 0.579. The Bertz CT molecular complexity index is 859. The first kappa shape index (κ1) is 16.2. The normalized spacial score (nSPS) is 25.8. The summed E-state index contributed by atoms with van der Waals surface area (Å²) in [5.74, 6) is 0.847. The van der Waals surface area contributed by atoms with E-state index in [4.69, 9.17) is 0 Å². The summed E-state index contributed by atoms with van der Waals surface area (Å²) < 4.78 is 27.9. The lowest BCUT2D eigenvalue weighted by Gasteiger charge is -2.34. The van der Waals surface area contributed by atoms with Crippen molar-refractivity contribution in [1.82, 2.24) is 9.29 Å². The lowest BCUT2D eigenvalue weighted by atomic mass is 9.94. The number of nitrogens with one attached hydrogen (secondary N) is 1. The number of piperidine rings is 1. The van der Waals surface area contributed by atoms with E-state index < -0.39 is 10.0 Å². The van der Waals surface area contributed by atoms with Crippen molar-refractivity contribution in [3.63, 3.8) is 0 Å². The zero-order chi connectivity index (χ0) is 16.9. The maximum Gasteiger partial charge on any atom is 0.243 e. The number of aromatic amines is 1. The SMILES string of the molecule is CC1CC(C)CN(S(=O)(=O)c2ccc3[nH]c4c(c3c2)CCCC4)C1. The molecule has 0 radical (unpaired) electrons. The second kappa shape index (κ2) is 5.88. The van der Waals surface area contributed by atoms with Crippen LogP contribution in [0.15, 0.2) is 23.1 Å². The third-order valence-electron chi connectivity index (χ3n) is 5.54. The molecule has 1 aliphatic carbocycles. The minimum Gasteiger partial charge on any atom is -0.358 e. The van der Waals surface area contributed by atoms with Gasteiger partial charge in [0.1, 0.15) is 0 Å². The third kappa shape index (κ3) is 2.68. The minimum atomic E-state index is -3.40. The molecule has 1 aliphatic heterocycles. The predicted octanol–water partition coefficient (Wildman–Crippen LogP) is 3.71. The highest BCUT2D eigenvalue weighted by molar-refractivity contribution is 7.89. The molecular formula is C19H26N2O2S. The Labute approximate surface area is 144 Å². The molecule has 2 aliphatic rings. The van der Waals surface area contributed by atoms with Crippen LogP contribution in [0, 0.1) is 11.8 Å². The molecule has 2 aromatic rings. The summed E-state index contributed by atoms with van der Waals surface area (Å²) in [5.41, 5.74) is 3.70. The molecule has 0 bridgehead atoms. The molecular weight excluding hydrogens is 320 g/mol. The Hall–Kier alpha value is -1.33. The fourth-order valence-electron chi connectivity index (χ4n) is 4.50. The van der Waals surface area contributed by atoms with Gasteiger partial charge in [0.15, 0.2) is 0 Å². The van der Waals surface area contributed by atoms with Crippen molar-refractivity contribution in [3.05, 3.63) is 29.5 Å². The smallest absolute Gasteiger partial charge is 0.243 e. The van der Waals surface area contributed by atoms with E-state index in [0.717, 1.165) is 30.2 Å². The van der Waals surface area contributed by atoms with Gasteiger partial charge in [-0.3, -0.25) is 0 Å². The number of rotatable bonds is 2. The van der Waals surface area contributed by atoms with E-state index >= 15 is 0 Å². The molecule has 1 fully saturated rings. The lowest BCUT2D eigenvalue weighted by Crippen LogP contribution is -2.42.